The molecule has 1 amide bonds. The zero-order chi connectivity index (χ0) is 15.4. The summed E-state index contributed by atoms with van der Waals surface area (Å²) in [5.41, 5.74) is 0.00229. The molecule has 2 aromatic rings. The smallest absolute Gasteiger partial charge is 0.387 e. The van der Waals surface area contributed by atoms with Gasteiger partial charge in [0.05, 0.1) is 0 Å². The molecule has 1 heterocycles. The molecule has 1 aromatic carbocycles. The lowest BCUT2D eigenvalue weighted by molar-refractivity contribution is -0.0498. The van der Waals surface area contributed by atoms with Gasteiger partial charge in [0.2, 0.25) is 0 Å². The Bertz CT molecular complexity index is 655. The maximum absolute atomic E-state index is 12.0. The molecular weight excluding hydrogens is 288 g/mol. The third kappa shape index (κ3) is 3.75. The average molecular weight is 297 g/mol. The topological polar surface area (TPSA) is 104 Å². The second kappa shape index (κ2) is 5.99. The number of hydrogen-bond acceptors (Lipinski definition) is 4. The number of carbonyl (C=O) groups excluding carboxylic acids is 1. The number of H-pyrrole nitrogens is 1. The summed E-state index contributed by atoms with van der Waals surface area (Å²) in [5, 5.41) is 16.9. The molecule has 7 nitrogen and oxygen atoms in total. The van der Waals surface area contributed by atoms with Crippen molar-refractivity contribution in [1.82, 2.24) is 10.2 Å². The lowest BCUT2D eigenvalue weighted by Gasteiger charge is -2.05. The van der Waals surface area contributed by atoms with Gasteiger partial charge in [-0.3, -0.25) is 9.89 Å². The number of nitrogens with zero attached hydrogens (tertiary/aromatic N) is 1. The second-order valence-electron chi connectivity index (χ2n) is 3.83. The van der Waals surface area contributed by atoms with Crippen molar-refractivity contribution in [3.05, 3.63) is 41.6 Å². The molecule has 0 fully saturated rings. The van der Waals surface area contributed by atoms with Gasteiger partial charge in [-0.2, -0.15) is 13.9 Å². The van der Waals surface area contributed by atoms with Crippen LogP contribution in [0.3, 0.4) is 0 Å². The highest BCUT2D eigenvalue weighted by Gasteiger charge is 2.12. The Balaban J connectivity index is 2.04. The van der Waals surface area contributed by atoms with Crippen LogP contribution in [0.1, 0.15) is 20.8 Å². The van der Waals surface area contributed by atoms with Crippen LogP contribution in [0.15, 0.2) is 30.3 Å². The predicted octanol–water partition coefficient (Wildman–Crippen LogP) is 1.96. The number of rotatable bonds is 5. The van der Waals surface area contributed by atoms with Crippen LogP contribution < -0.4 is 10.1 Å². The fourth-order valence-electron chi connectivity index (χ4n) is 1.47. The van der Waals surface area contributed by atoms with Gasteiger partial charge in [-0.25, -0.2) is 4.79 Å². The fraction of sp³-hybridized carbons (Fsp3) is 0.0833. The van der Waals surface area contributed by atoms with Gasteiger partial charge in [-0.05, 0) is 24.3 Å². The van der Waals surface area contributed by atoms with E-state index < -0.39 is 18.5 Å². The van der Waals surface area contributed by atoms with Crippen molar-refractivity contribution < 1.29 is 28.2 Å². The molecule has 9 heteroatoms. The molecule has 0 saturated carbocycles. The largest absolute Gasteiger partial charge is 0.477 e. The third-order valence-electron chi connectivity index (χ3n) is 2.39. The molecule has 0 unspecified atom stereocenters. The Morgan fingerprint density at radius 2 is 1.95 bits per heavy atom. The Morgan fingerprint density at radius 1 is 1.29 bits per heavy atom. The molecule has 1 aromatic heterocycles. The first kappa shape index (κ1) is 14.4. The van der Waals surface area contributed by atoms with Crippen molar-refractivity contribution in [2.75, 3.05) is 5.32 Å². The molecule has 0 aliphatic rings. The summed E-state index contributed by atoms with van der Waals surface area (Å²) in [6, 6.07) is 6.16. The Hall–Kier alpha value is -2.97. The quantitative estimate of drug-likeness (QED) is 0.782. The number of alkyl halides is 2. The summed E-state index contributed by atoms with van der Waals surface area (Å²) in [6.07, 6.45) is 0. The molecule has 2 rings (SSSR count). The number of aromatic amines is 1. The molecule has 0 saturated heterocycles. The lowest BCUT2D eigenvalue weighted by Crippen LogP contribution is -2.12. The van der Waals surface area contributed by atoms with Crippen LogP contribution in [0, 0.1) is 0 Å². The number of amides is 1. The lowest BCUT2D eigenvalue weighted by atomic mass is 10.2. The van der Waals surface area contributed by atoms with Crippen LogP contribution in [-0.2, 0) is 0 Å². The van der Waals surface area contributed by atoms with E-state index >= 15 is 0 Å². The van der Waals surface area contributed by atoms with E-state index in [1.54, 1.807) is 0 Å². The summed E-state index contributed by atoms with van der Waals surface area (Å²) in [5.74, 6) is -1.82. The molecule has 0 aliphatic carbocycles. The standard InChI is InChI=1S/C12H9F2N3O4/c13-12(14)21-7-3-1-6(2-4-7)10(18)15-9-5-8(11(19)20)16-17-9/h1-5,12H,(H,19,20)(H2,15,16,17,18). The zero-order valence-corrected chi connectivity index (χ0v) is 10.3. The molecule has 110 valence electrons. The zero-order valence-electron chi connectivity index (χ0n) is 10.3. The monoisotopic (exact) mass is 297 g/mol. The van der Waals surface area contributed by atoms with Crippen molar-refractivity contribution >= 4 is 17.7 Å². The minimum atomic E-state index is -2.94. The van der Waals surface area contributed by atoms with Crippen LogP contribution >= 0.6 is 0 Å². The molecule has 0 radical (unpaired) electrons. The summed E-state index contributed by atoms with van der Waals surface area (Å²) in [4.78, 5) is 22.5. The van der Waals surface area contributed by atoms with E-state index in [9.17, 15) is 18.4 Å². The number of ether oxygens (including phenoxy) is 1. The maximum Gasteiger partial charge on any atom is 0.387 e. The number of benzene rings is 1. The van der Waals surface area contributed by atoms with Crippen molar-refractivity contribution in [2.45, 2.75) is 6.61 Å². The number of hydrogen-bond donors (Lipinski definition) is 3. The first-order valence-corrected chi connectivity index (χ1v) is 5.60. The number of aromatic carboxylic acids is 1. The first-order valence-electron chi connectivity index (χ1n) is 5.60. The van der Waals surface area contributed by atoms with Crippen LogP contribution in [0.25, 0.3) is 0 Å². The van der Waals surface area contributed by atoms with E-state index in [0.29, 0.717) is 0 Å². The number of anilines is 1. The van der Waals surface area contributed by atoms with Gasteiger partial charge < -0.3 is 15.2 Å². The number of halogens is 2. The first-order chi connectivity index (χ1) is 9.95. The highest BCUT2D eigenvalue weighted by Crippen LogP contribution is 2.16. The van der Waals surface area contributed by atoms with E-state index in [0.717, 1.165) is 6.07 Å². The van der Waals surface area contributed by atoms with Gasteiger partial charge in [-0.15, -0.1) is 0 Å². The van der Waals surface area contributed by atoms with Gasteiger partial charge in [0.15, 0.2) is 5.82 Å². The molecule has 0 atom stereocenters. The van der Waals surface area contributed by atoms with Crippen LogP contribution in [0.5, 0.6) is 5.75 Å². The number of nitrogens with one attached hydrogen (secondary N) is 2. The summed E-state index contributed by atoms with van der Waals surface area (Å²) >= 11 is 0. The Labute approximate surface area is 116 Å². The fourth-order valence-corrected chi connectivity index (χ4v) is 1.47. The highest BCUT2D eigenvalue weighted by molar-refractivity contribution is 6.04. The van der Waals surface area contributed by atoms with E-state index in [2.05, 4.69) is 20.3 Å². The predicted molar refractivity (Wildman–Crippen MR) is 66.6 cm³/mol. The number of carboxylic acids is 1. The van der Waals surface area contributed by atoms with Gasteiger partial charge >= 0.3 is 12.6 Å². The maximum atomic E-state index is 12.0. The average Bonchev–Trinajstić information content (AvgIpc) is 2.87. The molecule has 0 bridgehead atoms. The molecule has 21 heavy (non-hydrogen) atoms. The van der Waals surface area contributed by atoms with Gasteiger partial charge in [-0.1, -0.05) is 0 Å². The van der Waals surface area contributed by atoms with Gasteiger partial charge in [0.25, 0.3) is 5.91 Å². The number of carboxylic acid groups (broad SMARTS) is 1. The minimum Gasteiger partial charge on any atom is -0.477 e. The Kier molecular flexibility index (Phi) is 4.12. The van der Waals surface area contributed by atoms with E-state index in [1.165, 1.54) is 24.3 Å². The van der Waals surface area contributed by atoms with E-state index in [1.807, 2.05) is 0 Å². The third-order valence-corrected chi connectivity index (χ3v) is 2.39. The van der Waals surface area contributed by atoms with Crippen LogP contribution in [0.4, 0.5) is 14.6 Å². The van der Waals surface area contributed by atoms with Crippen molar-refractivity contribution in [2.24, 2.45) is 0 Å². The van der Waals surface area contributed by atoms with Gasteiger partial charge in [0.1, 0.15) is 11.4 Å². The number of carbonyl (C=O) groups is 2. The van der Waals surface area contributed by atoms with E-state index in [-0.39, 0.29) is 22.8 Å². The molecular formula is C12H9F2N3O4. The minimum absolute atomic E-state index is 0.0327. The molecule has 0 aliphatic heterocycles. The van der Waals surface area contributed by atoms with E-state index in [4.69, 9.17) is 5.11 Å². The van der Waals surface area contributed by atoms with Gasteiger partial charge in [0, 0.05) is 11.6 Å². The van der Waals surface area contributed by atoms with Crippen molar-refractivity contribution in [3.63, 3.8) is 0 Å². The molecule has 0 spiro atoms. The SMILES string of the molecule is O=C(Nc1cc(C(=O)O)[nH]n1)c1ccc(OC(F)F)cc1. The normalized spacial score (nSPS) is 10.4. The summed E-state index contributed by atoms with van der Waals surface area (Å²) in [7, 11) is 0. The highest BCUT2D eigenvalue weighted by atomic mass is 19.3. The van der Waals surface area contributed by atoms with Crippen molar-refractivity contribution in [3.8, 4) is 5.75 Å². The van der Waals surface area contributed by atoms with Crippen molar-refractivity contribution in [1.29, 1.82) is 0 Å². The van der Waals surface area contributed by atoms with Crippen LogP contribution in [0.2, 0.25) is 0 Å². The summed E-state index contributed by atoms with van der Waals surface area (Å²) in [6.45, 7) is -2.94. The number of aromatic nitrogens is 2. The summed E-state index contributed by atoms with van der Waals surface area (Å²) < 4.78 is 28.1. The Morgan fingerprint density at radius 3 is 2.48 bits per heavy atom. The second-order valence-corrected chi connectivity index (χ2v) is 3.83. The van der Waals surface area contributed by atoms with Crippen LogP contribution in [-0.4, -0.2) is 33.8 Å². The molecule has 3 N–H and O–H groups in total.